The van der Waals surface area contributed by atoms with Crippen LogP contribution in [0.4, 0.5) is 0 Å². The predicted molar refractivity (Wildman–Crippen MR) is 87.2 cm³/mol. The van der Waals surface area contributed by atoms with Crippen LogP contribution < -0.4 is 10.5 Å². The zero-order valence-corrected chi connectivity index (χ0v) is 12.6. The Morgan fingerprint density at radius 2 is 1.85 bits per heavy atom. The highest BCUT2D eigenvalue weighted by atomic mass is 32.1. The maximum Gasteiger partial charge on any atom is 0.119 e. The minimum Gasteiger partial charge on any atom is -0.489 e. The van der Waals surface area contributed by atoms with Crippen molar-refractivity contribution in [2.45, 2.75) is 26.4 Å². The van der Waals surface area contributed by atoms with Gasteiger partial charge >= 0.3 is 0 Å². The smallest absolute Gasteiger partial charge is 0.119 e. The fourth-order valence-electron chi connectivity index (χ4n) is 1.93. The van der Waals surface area contributed by atoms with Crippen molar-refractivity contribution in [1.82, 2.24) is 0 Å². The minimum atomic E-state index is 0.410. The number of hydrogen-bond donors (Lipinski definition) is 1. The van der Waals surface area contributed by atoms with Crippen LogP contribution in [0.3, 0.4) is 0 Å². The zero-order valence-electron chi connectivity index (χ0n) is 11.8. The lowest BCUT2D eigenvalue weighted by Crippen LogP contribution is -2.09. The number of hydrogen-bond acceptors (Lipinski definition) is 2. The van der Waals surface area contributed by atoms with Gasteiger partial charge < -0.3 is 10.5 Å². The highest BCUT2D eigenvalue weighted by Gasteiger charge is 2.02. The summed E-state index contributed by atoms with van der Waals surface area (Å²) in [5.74, 6) is 1.40. The van der Waals surface area contributed by atoms with E-state index >= 15 is 0 Å². The van der Waals surface area contributed by atoms with Gasteiger partial charge in [-0.15, -0.1) is 0 Å². The lowest BCUT2D eigenvalue weighted by atomic mass is 10.0. The monoisotopic (exact) mass is 285 g/mol. The molecule has 2 N–H and O–H groups in total. The third-order valence-electron chi connectivity index (χ3n) is 3.16. The van der Waals surface area contributed by atoms with Crippen molar-refractivity contribution in [3.63, 3.8) is 0 Å². The zero-order chi connectivity index (χ0) is 14.5. The third-order valence-corrected chi connectivity index (χ3v) is 3.40. The summed E-state index contributed by atoms with van der Waals surface area (Å²) < 4.78 is 5.78. The molecule has 0 saturated carbocycles. The summed E-state index contributed by atoms with van der Waals surface area (Å²) in [6.07, 6.45) is 0. The van der Waals surface area contributed by atoms with Crippen LogP contribution in [-0.2, 0) is 6.61 Å². The van der Waals surface area contributed by atoms with Crippen molar-refractivity contribution in [3.05, 3.63) is 65.2 Å². The molecule has 0 amide bonds. The summed E-state index contributed by atoms with van der Waals surface area (Å²) in [4.78, 5) is 0.410. The van der Waals surface area contributed by atoms with E-state index in [4.69, 9.17) is 22.7 Å². The van der Waals surface area contributed by atoms with Crippen LogP contribution in [0.1, 0.15) is 36.5 Å². The van der Waals surface area contributed by atoms with Gasteiger partial charge in [0.1, 0.15) is 17.3 Å². The van der Waals surface area contributed by atoms with Gasteiger partial charge in [0.2, 0.25) is 0 Å². The summed E-state index contributed by atoms with van der Waals surface area (Å²) in [6.45, 7) is 4.87. The molecule has 0 radical (unpaired) electrons. The first kappa shape index (κ1) is 14.5. The first-order chi connectivity index (χ1) is 9.56. The molecule has 20 heavy (non-hydrogen) atoms. The van der Waals surface area contributed by atoms with Crippen molar-refractivity contribution in [2.75, 3.05) is 0 Å². The van der Waals surface area contributed by atoms with Gasteiger partial charge in [-0.1, -0.05) is 56.4 Å². The largest absolute Gasteiger partial charge is 0.489 e. The van der Waals surface area contributed by atoms with Crippen molar-refractivity contribution in [1.29, 1.82) is 0 Å². The van der Waals surface area contributed by atoms with Gasteiger partial charge in [0, 0.05) is 5.56 Å². The highest BCUT2D eigenvalue weighted by Crippen LogP contribution is 2.19. The van der Waals surface area contributed by atoms with Crippen LogP contribution in [-0.4, -0.2) is 4.99 Å². The molecule has 2 rings (SSSR count). The van der Waals surface area contributed by atoms with E-state index in [1.54, 1.807) is 0 Å². The molecule has 0 fully saturated rings. The van der Waals surface area contributed by atoms with E-state index in [9.17, 15) is 0 Å². The molecule has 2 aromatic rings. The normalized spacial score (nSPS) is 10.6. The first-order valence-electron chi connectivity index (χ1n) is 6.68. The van der Waals surface area contributed by atoms with Crippen LogP contribution in [0.5, 0.6) is 5.75 Å². The van der Waals surface area contributed by atoms with E-state index in [0.29, 0.717) is 17.5 Å². The molecule has 3 heteroatoms. The maximum absolute atomic E-state index is 5.78. The van der Waals surface area contributed by atoms with E-state index in [-0.39, 0.29) is 0 Å². The molecule has 0 aliphatic carbocycles. The molecule has 0 aromatic heterocycles. The lowest BCUT2D eigenvalue weighted by molar-refractivity contribution is 0.306. The Hall–Kier alpha value is -1.87. The minimum absolute atomic E-state index is 0.410. The second-order valence-corrected chi connectivity index (χ2v) is 5.52. The molecule has 0 aliphatic rings. The summed E-state index contributed by atoms with van der Waals surface area (Å²) in [6, 6.07) is 16.0. The topological polar surface area (TPSA) is 35.2 Å². The van der Waals surface area contributed by atoms with Gasteiger partial charge in [-0.05, 0) is 35.2 Å². The fraction of sp³-hybridized carbons (Fsp3) is 0.235. The van der Waals surface area contributed by atoms with Crippen LogP contribution in [0.15, 0.2) is 48.5 Å². The maximum atomic E-state index is 5.78. The van der Waals surface area contributed by atoms with E-state index in [0.717, 1.165) is 16.9 Å². The number of rotatable bonds is 5. The molecule has 0 bridgehead atoms. The Morgan fingerprint density at radius 3 is 2.45 bits per heavy atom. The molecule has 0 unspecified atom stereocenters. The van der Waals surface area contributed by atoms with Gasteiger partial charge in [-0.3, -0.25) is 0 Å². The van der Waals surface area contributed by atoms with E-state index in [1.807, 2.05) is 36.4 Å². The lowest BCUT2D eigenvalue weighted by Gasteiger charge is -2.09. The Morgan fingerprint density at radius 1 is 1.15 bits per heavy atom. The third kappa shape index (κ3) is 3.81. The van der Waals surface area contributed by atoms with E-state index in [2.05, 4.69) is 26.0 Å². The average molecular weight is 285 g/mol. The molecule has 2 aromatic carbocycles. The molecule has 0 aliphatic heterocycles. The Bertz CT molecular complexity index is 590. The summed E-state index contributed by atoms with van der Waals surface area (Å²) in [5.41, 5.74) is 8.87. The Balaban J connectivity index is 2.01. The van der Waals surface area contributed by atoms with Crippen LogP contribution >= 0.6 is 12.2 Å². The number of ether oxygens (including phenoxy) is 1. The van der Waals surface area contributed by atoms with Gasteiger partial charge in [-0.2, -0.15) is 0 Å². The van der Waals surface area contributed by atoms with Gasteiger partial charge in [0.05, 0.1) is 0 Å². The Labute approximate surface area is 125 Å². The van der Waals surface area contributed by atoms with Gasteiger partial charge in [0.15, 0.2) is 0 Å². The quantitative estimate of drug-likeness (QED) is 0.843. The molecule has 0 atom stereocenters. The second kappa shape index (κ2) is 6.53. The summed E-state index contributed by atoms with van der Waals surface area (Å²) in [7, 11) is 0. The van der Waals surface area contributed by atoms with Crippen molar-refractivity contribution >= 4 is 17.2 Å². The van der Waals surface area contributed by atoms with E-state index in [1.165, 1.54) is 5.56 Å². The van der Waals surface area contributed by atoms with Crippen LogP contribution in [0.25, 0.3) is 0 Å². The molecule has 0 spiro atoms. The van der Waals surface area contributed by atoms with Crippen molar-refractivity contribution in [3.8, 4) is 5.75 Å². The molecule has 2 nitrogen and oxygen atoms in total. The highest BCUT2D eigenvalue weighted by molar-refractivity contribution is 7.80. The van der Waals surface area contributed by atoms with Crippen LogP contribution in [0, 0.1) is 0 Å². The molecular formula is C17H19NOS. The van der Waals surface area contributed by atoms with Crippen LogP contribution in [0.2, 0.25) is 0 Å². The number of thiocarbonyl (C=S) groups is 1. The average Bonchev–Trinajstić information content (AvgIpc) is 2.46. The second-order valence-electron chi connectivity index (χ2n) is 5.08. The standard InChI is InChI=1S/C17H19NOS/c1-12(2)14-6-8-16(9-7-14)19-11-13-4-3-5-15(10-13)17(18)20/h3-10,12H,11H2,1-2H3,(H2,18,20). The molecular weight excluding hydrogens is 266 g/mol. The molecule has 0 saturated heterocycles. The number of benzene rings is 2. The van der Waals surface area contributed by atoms with Gasteiger partial charge in [-0.25, -0.2) is 0 Å². The van der Waals surface area contributed by atoms with E-state index < -0.39 is 0 Å². The fourth-order valence-corrected chi connectivity index (χ4v) is 2.06. The first-order valence-corrected chi connectivity index (χ1v) is 7.08. The van der Waals surface area contributed by atoms with Crippen molar-refractivity contribution < 1.29 is 4.74 Å². The van der Waals surface area contributed by atoms with Gasteiger partial charge in [0.25, 0.3) is 0 Å². The van der Waals surface area contributed by atoms with Crippen molar-refractivity contribution in [2.24, 2.45) is 5.73 Å². The summed E-state index contributed by atoms with van der Waals surface area (Å²) in [5, 5.41) is 0. The molecule has 104 valence electrons. The summed E-state index contributed by atoms with van der Waals surface area (Å²) >= 11 is 4.97. The predicted octanol–water partition coefficient (Wildman–Crippen LogP) is 4.02. The molecule has 0 heterocycles. The Kier molecular flexibility index (Phi) is 4.74. The number of nitrogens with two attached hydrogens (primary N) is 1. The SMILES string of the molecule is CC(C)c1ccc(OCc2cccc(C(N)=S)c2)cc1.